The third kappa shape index (κ3) is 3.55. The van der Waals surface area contributed by atoms with E-state index in [1.54, 1.807) is 19.1 Å². The van der Waals surface area contributed by atoms with Crippen LogP contribution in [0.15, 0.2) is 47.1 Å². The van der Waals surface area contributed by atoms with Crippen molar-refractivity contribution in [3.63, 3.8) is 0 Å². The van der Waals surface area contributed by atoms with Crippen LogP contribution in [0.2, 0.25) is 0 Å². The van der Waals surface area contributed by atoms with Crippen molar-refractivity contribution in [2.24, 2.45) is 0 Å². The van der Waals surface area contributed by atoms with E-state index in [0.29, 0.717) is 5.95 Å². The lowest BCUT2D eigenvalue weighted by molar-refractivity contribution is -0.117. The molecule has 7 nitrogen and oxygen atoms in total. The van der Waals surface area contributed by atoms with Gasteiger partial charge in [-0.25, -0.2) is 4.98 Å². The first-order valence-corrected chi connectivity index (χ1v) is 8.20. The van der Waals surface area contributed by atoms with Gasteiger partial charge in [0.1, 0.15) is 6.04 Å². The summed E-state index contributed by atoms with van der Waals surface area (Å²) >= 11 is 0. The Kier molecular flexibility index (Phi) is 4.83. The number of anilines is 1. The van der Waals surface area contributed by atoms with Gasteiger partial charge in [-0.3, -0.25) is 14.9 Å². The molecule has 2 N–H and O–H groups in total. The number of hydrogen-bond donors (Lipinski definition) is 2. The lowest BCUT2D eigenvalue weighted by Gasteiger charge is -2.14. The fourth-order valence-electron chi connectivity index (χ4n) is 2.58. The predicted molar refractivity (Wildman–Crippen MR) is 94.3 cm³/mol. The molecular weight excluding hydrogens is 320 g/mol. The molecule has 3 rings (SSSR count). The van der Waals surface area contributed by atoms with Crippen LogP contribution in [0.25, 0.3) is 11.0 Å². The number of fused-ring (bicyclic) bond motifs is 1. The molecule has 0 saturated carbocycles. The Morgan fingerprint density at radius 3 is 2.76 bits per heavy atom. The standard InChI is InChI=1S/C18H20N4O3/c1-3-10-22-14-8-5-4-7-13(14)20-18(22)21-16(23)12(2)19-17(24)15-9-6-11-25-15/h4-9,11-12H,3,10H2,1-2H3,(H,19,24)(H,20,21,23). The maximum Gasteiger partial charge on any atom is 0.287 e. The maximum absolute atomic E-state index is 12.4. The van der Waals surface area contributed by atoms with Gasteiger partial charge in [-0.2, -0.15) is 0 Å². The van der Waals surface area contributed by atoms with Crippen LogP contribution in [-0.4, -0.2) is 27.4 Å². The molecule has 0 aliphatic heterocycles. The number of hydrogen-bond acceptors (Lipinski definition) is 4. The summed E-state index contributed by atoms with van der Waals surface area (Å²) in [5.41, 5.74) is 1.78. The van der Waals surface area contributed by atoms with Gasteiger partial charge < -0.3 is 14.3 Å². The molecule has 1 unspecified atom stereocenters. The van der Waals surface area contributed by atoms with Gasteiger partial charge in [0, 0.05) is 6.54 Å². The van der Waals surface area contributed by atoms with Crippen LogP contribution in [0, 0.1) is 0 Å². The molecule has 1 aromatic carbocycles. The second-order valence-electron chi connectivity index (χ2n) is 5.74. The molecule has 7 heteroatoms. The van der Waals surface area contributed by atoms with Crippen LogP contribution in [0.3, 0.4) is 0 Å². The highest BCUT2D eigenvalue weighted by Gasteiger charge is 2.20. The van der Waals surface area contributed by atoms with Crippen LogP contribution < -0.4 is 10.6 Å². The molecule has 0 radical (unpaired) electrons. The Bertz CT molecular complexity index is 883. The van der Waals surface area contributed by atoms with Gasteiger partial charge >= 0.3 is 0 Å². The van der Waals surface area contributed by atoms with E-state index >= 15 is 0 Å². The largest absolute Gasteiger partial charge is 0.459 e. The zero-order valence-electron chi connectivity index (χ0n) is 14.2. The summed E-state index contributed by atoms with van der Waals surface area (Å²) in [6.45, 7) is 4.42. The first-order chi connectivity index (χ1) is 12.1. The van der Waals surface area contributed by atoms with Crippen LogP contribution >= 0.6 is 0 Å². The molecule has 1 atom stereocenters. The number of aromatic nitrogens is 2. The lowest BCUT2D eigenvalue weighted by atomic mass is 10.3. The molecule has 0 spiro atoms. The summed E-state index contributed by atoms with van der Waals surface area (Å²) in [5.74, 6) is -0.132. The number of furan rings is 1. The topological polar surface area (TPSA) is 89.2 Å². The Balaban J connectivity index is 1.75. The molecule has 0 fully saturated rings. The van der Waals surface area contributed by atoms with Gasteiger partial charge in [-0.1, -0.05) is 19.1 Å². The van der Waals surface area contributed by atoms with Gasteiger partial charge in [0.25, 0.3) is 5.91 Å². The highest BCUT2D eigenvalue weighted by atomic mass is 16.3. The minimum atomic E-state index is -0.729. The molecule has 0 saturated heterocycles. The molecule has 2 heterocycles. The highest BCUT2D eigenvalue weighted by Crippen LogP contribution is 2.20. The first kappa shape index (κ1) is 16.8. The summed E-state index contributed by atoms with van der Waals surface area (Å²) in [6, 6.07) is 10.1. The number of amides is 2. The third-order valence-electron chi connectivity index (χ3n) is 3.82. The van der Waals surface area contributed by atoms with Gasteiger partial charge in [0.2, 0.25) is 11.9 Å². The number of para-hydroxylation sites is 2. The second-order valence-corrected chi connectivity index (χ2v) is 5.74. The Labute approximate surface area is 145 Å². The number of rotatable bonds is 6. The van der Waals surface area contributed by atoms with Crippen molar-refractivity contribution in [2.75, 3.05) is 5.32 Å². The average Bonchev–Trinajstić information content (AvgIpc) is 3.24. The summed E-state index contributed by atoms with van der Waals surface area (Å²) in [4.78, 5) is 28.9. The summed E-state index contributed by atoms with van der Waals surface area (Å²) in [5, 5.41) is 5.41. The molecule has 130 valence electrons. The Morgan fingerprint density at radius 2 is 2.04 bits per heavy atom. The number of benzene rings is 1. The van der Waals surface area contributed by atoms with E-state index in [9.17, 15) is 9.59 Å². The fourth-order valence-corrected chi connectivity index (χ4v) is 2.58. The molecule has 3 aromatic rings. The predicted octanol–water partition coefficient (Wildman–Crippen LogP) is 2.80. The van der Waals surface area contributed by atoms with Gasteiger partial charge in [-0.15, -0.1) is 0 Å². The van der Waals surface area contributed by atoms with E-state index in [4.69, 9.17) is 4.42 Å². The number of aryl methyl sites for hydroxylation is 1. The SMILES string of the molecule is CCCn1c(NC(=O)C(C)NC(=O)c2ccco2)nc2ccccc21. The number of carbonyl (C=O) groups excluding carboxylic acids is 2. The van der Waals surface area contributed by atoms with Gasteiger partial charge in [0.15, 0.2) is 5.76 Å². The summed E-state index contributed by atoms with van der Waals surface area (Å²) in [7, 11) is 0. The van der Waals surface area contributed by atoms with Crippen molar-refractivity contribution in [3.8, 4) is 0 Å². The average molecular weight is 340 g/mol. The van der Waals surface area contributed by atoms with Crippen LogP contribution in [0.1, 0.15) is 30.8 Å². The molecule has 2 amide bonds. The van der Waals surface area contributed by atoms with E-state index in [2.05, 4.69) is 22.5 Å². The molecule has 2 aromatic heterocycles. The van der Waals surface area contributed by atoms with Crippen LogP contribution in [-0.2, 0) is 11.3 Å². The second kappa shape index (κ2) is 7.21. The van der Waals surface area contributed by atoms with Crippen LogP contribution in [0.4, 0.5) is 5.95 Å². The third-order valence-corrected chi connectivity index (χ3v) is 3.82. The Hall–Kier alpha value is -3.09. The minimum absolute atomic E-state index is 0.165. The summed E-state index contributed by atoms with van der Waals surface area (Å²) in [6.07, 6.45) is 2.32. The molecule has 0 bridgehead atoms. The zero-order valence-corrected chi connectivity index (χ0v) is 14.2. The van der Waals surface area contributed by atoms with E-state index in [1.807, 2.05) is 28.8 Å². The highest BCUT2D eigenvalue weighted by molar-refractivity contribution is 5.99. The van der Waals surface area contributed by atoms with Crippen molar-refractivity contribution < 1.29 is 14.0 Å². The minimum Gasteiger partial charge on any atom is -0.459 e. The number of nitrogens with one attached hydrogen (secondary N) is 2. The lowest BCUT2D eigenvalue weighted by Crippen LogP contribution is -2.41. The van der Waals surface area contributed by atoms with Gasteiger partial charge in [0.05, 0.1) is 17.3 Å². The zero-order chi connectivity index (χ0) is 17.8. The number of carbonyl (C=O) groups is 2. The van der Waals surface area contributed by atoms with E-state index in [-0.39, 0.29) is 11.7 Å². The van der Waals surface area contributed by atoms with Crippen LogP contribution in [0.5, 0.6) is 0 Å². The number of imidazole rings is 1. The number of nitrogens with zero attached hydrogens (tertiary/aromatic N) is 2. The molecule has 0 aliphatic carbocycles. The van der Waals surface area contributed by atoms with Crippen molar-refractivity contribution in [3.05, 3.63) is 48.4 Å². The summed E-state index contributed by atoms with van der Waals surface area (Å²) < 4.78 is 6.99. The quantitative estimate of drug-likeness (QED) is 0.722. The van der Waals surface area contributed by atoms with Gasteiger partial charge in [-0.05, 0) is 37.6 Å². The van der Waals surface area contributed by atoms with Crippen molar-refractivity contribution >= 4 is 28.8 Å². The van der Waals surface area contributed by atoms with E-state index in [1.165, 1.54) is 6.26 Å². The Morgan fingerprint density at radius 1 is 1.24 bits per heavy atom. The fraction of sp³-hybridized carbons (Fsp3) is 0.278. The molecule has 25 heavy (non-hydrogen) atoms. The first-order valence-electron chi connectivity index (χ1n) is 8.20. The monoisotopic (exact) mass is 340 g/mol. The normalized spacial score (nSPS) is 12.1. The van der Waals surface area contributed by atoms with E-state index in [0.717, 1.165) is 24.0 Å². The van der Waals surface area contributed by atoms with Crippen molar-refractivity contribution in [2.45, 2.75) is 32.9 Å². The maximum atomic E-state index is 12.4. The smallest absolute Gasteiger partial charge is 0.287 e. The molecular formula is C18H20N4O3. The molecule has 0 aliphatic rings. The van der Waals surface area contributed by atoms with Crippen molar-refractivity contribution in [1.82, 2.24) is 14.9 Å². The van der Waals surface area contributed by atoms with Crippen molar-refractivity contribution in [1.29, 1.82) is 0 Å². The van der Waals surface area contributed by atoms with E-state index < -0.39 is 11.9 Å².